The quantitative estimate of drug-likeness (QED) is 0.779. The monoisotopic (exact) mass is 268 g/mol. The van der Waals surface area contributed by atoms with Crippen LogP contribution in [0.3, 0.4) is 0 Å². The zero-order valence-electron chi connectivity index (χ0n) is 11.7. The maximum absolute atomic E-state index is 12.0. The molecule has 108 valence electrons. The highest BCUT2D eigenvalue weighted by atomic mass is 16.5. The predicted molar refractivity (Wildman–Crippen MR) is 71.6 cm³/mol. The van der Waals surface area contributed by atoms with E-state index in [1.165, 1.54) is 0 Å². The van der Waals surface area contributed by atoms with Crippen LogP contribution >= 0.6 is 0 Å². The lowest BCUT2D eigenvalue weighted by atomic mass is 10.1. The van der Waals surface area contributed by atoms with Crippen LogP contribution in [-0.2, 0) is 14.3 Å². The van der Waals surface area contributed by atoms with Crippen molar-refractivity contribution in [1.82, 2.24) is 10.2 Å². The number of amides is 2. The molecule has 2 fully saturated rings. The van der Waals surface area contributed by atoms with E-state index in [4.69, 9.17) is 4.74 Å². The highest BCUT2D eigenvalue weighted by Gasteiger charge is 2.34. The van der Waals surface area contributed by atoms with Crippen molar-refractivity contribution >= 4 is 11.8 Å². The lowest BCUT2D eigenvalue weighted by Crippen LogP contribution is -2.37. The molecule has 0 radical (unpaired) electrons. The molecule has 2 amide bonds. The van der Waals surface area contributed by atoms with Crippen molar-refractivity contribution in [3.05, 3.63) is 0 Å². The van der Waals surface area contributed by atoms with Gasteiger partial charge in [-0.25, -0.2) is 0 Å². The number of carbonyl (C=O) groups excluding carboxylic acids is 2. The topological polar surface area (TPSA) is 58.6 Å². The van der Waals surface area contributed by atoms with Crippen molar-refractivity contribution in [2.75, 3.05) is 26.2 Å². The Balaban J connectivity index is 1.72. The van der Waals surface area contributed by atoms with Crippen LogP contribution in [0.15, 0.2) is 0 Å². The molecule has 0 saturated carbocycles. The third kappa shape index (κ3) is 3.93. The van der Waals surface area contributed by atoms with E-state index in [-0.39, 0.29) is 23.8 Å². The van der Waals surface area contributed by atoms with Gasteiger partial charge < -0.3 is 15.0 Å². The molecule has 1 N–H and O–H groups in total. The van der Waals surface area contributed by atoms with Crippen molar-refractivity contribution in [3.8, 4) is 0 Å². The average Bonchev–Trinajstić information content (AvgIpc) is 3.03. The van der Waals surface area contributed by atoms with Gasteiger partial charge >= 0.3 is 0 Å². The molecule has 0 aromatic heterocycles. The van der Waals surface area contributed by atoms with E-state index in [0.29, 0.717) is 19.5 Å². The van der Waals surface area contributed by atoms with E-state index in [9.17, 15) is 9.59 Å². The molecule has 2 saturated heterocycles. The van der Waals surface area contributed by atoms with Gasteiger partial charge in [0.05, 0.1) is 12.0 Å². The molecule has 5 nitrogen and oxygen atoms in total. The van der Waals surface area contributed by atoms with Crippen molar-refractivity contribution in [3.63, 3.8) is 0 Å². The zero-order valence-corrected chi connectivity index (χ0v) is 11.7. The molecule has 0 aromatic rings. The first-order chi connectivity index (χ1) is 9.20. The third-order valence-corrected chi connectivity index (χ3v) is 3.89. The Kier molecular flexibility index (Phi) is 5.19. The standard InChI is InChI=1S/C14H24N2O3/c1-2-3-6-16-10-11(8-13(16)17)14(18)15-9-12-5-4-7-19-12/h11-12H,2-10H2,1H3,(H,15,18)/t11-,12-/m1/s1. The normalized spacial score (nSPS) is 27.0. The summed E-state index contributed by atoms with van der Waals surface area (Å²) in [4.78, 5) is 25.6. The first-order valence-corrected chi connectivity index (χ1v) is 7.37. The fraction of sp³-hybridized carbons (Fsp3) is 0.857. The number of nitrogens with zero attached hydrogens (tertiary/aromatic N) is 1. The van der Waals surface area contributed by atoms with E-state index >= 15 is 0 Å². The number of likely N-dealkylation sites (tertiary alicyclic amines) is 1. The average molecular weight is 268 g/mol. The first-order valence-electron chi connectivity index (χ1n) is 7.37. The Morgan fingerprint density at radius 1 is 1.53 bits per heavy atom. The number of nitrogens with one attached hydrogen (secondary N) is 1. The Bertz CT molecular complexity index is 327. The minimum absolute atomic E-state index is 0.00264. The van der Waals surface area contributed by atoms with E-state index in [0.717, 1.165) is 38.8 Å². The molecule has 2 heterocycles. The third-order valence-electron chi connectivity index (χ3n) is 3.89. The molecular formula is C14H24N2O3. The largest absolute Gasteiger partial charge is 0.376 e. The molecule has 2 atom stereocenters. The molecule has 0 spiro atoms. The van der Waals surface area contributed by atoms with Gasteiger partial charge in [-0.15, -0.1) is 0 Å². The molecule has 5 heteroatoms. The molecule has 0 bridgehead atoms. The number of hydrogen-bond acceptors (Lipinski definition) is 3. The Hall–Kier alpha value is -1.10. The van der Waals surface area contributed by atoms with Crippen LogP contribution in [0.4, 0.5) is 0 Å². The van der Waals surface area contributed by atoms with Crippen LogP contribution in [0, 0.1) is 5.92 Å². The first kappa shape index (κ1) is 14.3. The van der Waals surface area contributed by atoms with Crippen LogP contribution in [0.5, 0.6) is 0 Å². The van der Waals surface area contributed by atoms with Crippen molar-refractivity contribution in [2.24, 2.45) is 5.92 Å². The van der Waals surface area contributed by atoms with Gasteiger partial charge in [0.15, 0.2) is 0 Å². The van der Waals surface area contributed by atoms with Gasteiger partial charge in [0.25, 0.3) is 0 Å². The summed E-state index contributed by atoms with van der Waals surface area (Å²) < 4.78 is 5.47. The summed E-state index contributed by atoms with van der Waals surface area (Å²) in [7, 11) is 0. The molecule has 0 unspecified atom stereocenters. The van der Waals surface area contributed by atoms with Crippen LogP contribution in [0.25, 0.3) is 0 Å². The van der Waals surface area contributed by atoms with Crippen molar-refractivity contribution in [2.45, 2.75) is 45.1 Å². The second-order valence-corrected chi connectivity index (χ2v) is 5.47. The Morgan fingerprint density at radius 3 is 3.05 bits per heavy atom. The summed E-state index contributed by atoms with van der Waals surface area (Å²) in [6, 6.07) is 0. The van der Waals surface area contributed by atoms with Gasteiger partial charge in [-0.1, -0.05) is 13.3 Å². The fourth-order valence-corrected chi connectivity index (χ4v) is 2.68. The summed E-state index contributed by atoms with van der Waals surface area (Å²) in [5.41, 5.74) is 0. The van der Waals surface area contributed by atoms with Gasteiger partial charge in [0.1, 0.15) is 0 Å². The second kappa shape index (κ2) is 6.89. The van der Waals surface area contributed by atoms with Crippen molar-refractivity contribution in [1.29, 1.82) is 0 Å². The summed E-state index contributed by atoms with van der Waals surface area (Å²) in [6.45, 7) is 4.85. The summed E-state index contributed by atoms with van der Waals surface area (Å²) in [5, 5.41) is 2.92. The SMILES string of the molecule is CCCCN1C[C@H](C(=O)NC[C@H]2CCCO2)CC1=O. The smallest absolute Gasteiger partial charge is 0.225 e. The van der Waals surface area contributed by atoms with E-state index in [1.807, 2.05) is 4.90 Å². The lowest BCUT2D eigenvalue weighted by molar-refractivity contribution is -0.129. The number of ether oxygens (including phenoxy) is 1. The Morgan fingerprint density at radius 2 is 2.37 bits per heavy atom. The van der Waals surface area contributed by atoms with Crippen LogP contribution < -0.4 is 5.32 Å². The minimum Gasteiger partial charge on any atom is -0.376 e. The number of hydrogen-bond donors (Lipinski definition) is 1. The van der Waals surface area contributed by atoms with Crippen LogP contribution in [0.1, 0.15) is 39.0 Å². The van der Waals surface area contributed by atoms with E-state index < -0.39 is 0 Å². The van der Waals surface area contributed by atoms with Crippen molar-refractivity contribution < 1.29 is 14.3 Å². The zero-order chi connectivity index (χ0) is 13.7. The molecule has 0 aliphatic carbocycles. The van der Waals surface area contributed by atoms with E-state index in [2.05, 4.69) is 12.2 Å². The second-order valence-electron chi connectivity index (χ2n) is 5.47. The molecule has 19 heavy (non-hydrogen) atoms. The number of unbranched alkanes of at least 4 members (excludes halogenated alkanes) is 1. The van der Waals surface area contributed by atoms with Gasteiger partial charge in [0, 0.05) is 32.7 Å². The summed E-state index contributed by atoms with van der Waals surface area (Å²) in [5.74, 6) is -0.0562. The van der Waals surface area contributed by atoms with Gasteiger partial charge in [-0.2, -0.15) is 0 Å². The Labute approximate surface area is 114 Å². The fourth-order valence-electron chi connectivity index (χ4n) is 2.68. The van der Waals surface area contributed by atoms with Gasteiger partial charge in [-0.05, 0) is 19.3 Å². The molecule has 0 aromatic carbocycles. The highest BCUT2D eigenvalue weighted by Crippen LogP contribution is 2.19. The lowest BCUT2D eigenvalue weighted by Gasteiger charge is -2.16. The molecule has 2 aliphatic rings. The summed E-state index contributed by atoms with van der Waals surface area (Å²) in [6.07, 6.45) is 4.70. The maximum atomic E-state index is 12.0. The van der Waals surface area contributed by atoms with Gasteiger partial charge in [0.2, 0.25) is 11.8 Å². The molecule has 2 aliphatic heterocycles. The van der Waals surface area contributed by atoms with Gasteiger partial charge in [-0.3, -0.25) is 9.59 Å². The van der Waals surface area contributed by atoms with E-state index in [1.54, 1.807) is 0 Å². The van der Waals surface area contributed by atoms with Crippen LogP contribution in [-0.4, -0.2) is 49.1 Å². The summed E-state index contributed by atoms with van der Waals surface area (Å²) >= 11 is 0. The molecule has 2 rings (SSSR count). The number of rotatable bonds is 6. The predicted octanol–water partition coefficient (Wildman–Crippen LogP) is 0.930. The maximum Gasteiger partial charge on any atom is 0.225 e. The van der Waals surface area contributed by atoms with Crippen LogP contribution in [0.2, 0.25) is 0 Å². The minimum atomic E-state index is -0.175. The number of carbonyl (C=O) groups is 2. The molecular weight excluding hydrogens is 244 g/mol. The highest BCUT2D eigenvalue weighted by molar-refractivity contribution is 5.89.